The van der Waals surface area contributed by atoms with Crippen LogP contribution >= 0.6 is 0 Å². The number of hydrogen-bond donors (Lipinski definition) is 2. The van der Waals surface area contributed by atoms with Gasteiger partial charge in [0, 0.05) is 54.4 Å². The highest BCUT2D eigenvalue weighted by atomic mass is 16.3. The smallest absolute Gasteiger partial charge is 0.162 e. The number of fused-ring (bicyclic) bond motifs is 2. The second kappa shape index (κ2) is 9.04. The molecule has 1 aliphatic heterocycles. The molecule has 3 unspecified atom stereocenters. The monoisotopic (exact) mass is 477 g/mol. The maximum Gasteiger partial charge on any atom is 0.162 e. The molecule has 0 aliphatic carbocycles. The third-order valence-corrected chi connectivity index (χ3v) is 7.38. The minimum atomic E-state index is -0.530. The van der Waals surface area contributed by atoms with E-state index in [1.807, 2.05) is 41.3 Å². The van der Waals surface area contributed by atoms with Gasteiger partial charge in [0.2, 0.25) is 0 Å². The summed E-state index contributed by atoms with van der Waals surface area (Å²) in [5.74, 6) is 0. The Hall–Kier alpha value is -3.74. The number of aliphatic hydroxyl groups excluding tert-OH is 1. The predicted octanol–water partition coefficient (Wildman–Crippen LogP) is 5.46. The van der Waals surface area contributed by atoms with Crippen LogP contribution in [0.5, 0.6) is 0 Å². The van der Waals surface area contributed by atoms with E-state index >= 15 is 0 Å². The molecule has 3 atom stereocenters. The van der Waals surface area contributed by atoms with Gasteiger partial charge in [0.15, 0.2) is 5.65 Å². The first-order valence-electron chi connectivity index (χ1n) is 12.6. The molecule has 0 radical (unpaired) electrons. The fraction of sp³-hybridized carbons (Fsp3) is 0.267. The summed E-state index contributed by atoms with van der Waals surface area (Å²) in [6.45, 7) is 8.35. The lowest BCUT2D eigenvalue weighted by Crippen LogP contribution is -2.55. The van der Waals surface area contributed by atoms with Crippen LogP contribution in [0, 0.1) is 0 Å². The van der Waals surface area contributed by atoms with Gasteiger partial charge in [-0.2, -0.15) is 5.10 Å². The molecular formula is C30H31N5O. The van der Waals surface area contributed by atoms with Gasteiger partial charge in [0.1, 0.15) is 0 Å². The van der Waals surface area contributed by atoms with Gasteiger partial charge in [-0.1, -0.05) is 48.5 Å². The average molecular weight is 478 g/mol. The molecule has 6 nitrogen and oxygen atoms in total. The maximum absolute atomic E-state index is 10.2. The SMILES string of the molecule is CC(O)c1ccc(-c2cnn3cc(-c4ccc(N5C(C)CNCC5C)cc4)cnc23)c2ccccc12. The Morgan fingerprint density at radius 2 is 1.58 bits per heavy atom. The summed E-state index contributed by atoms with van der Waals surface area (Å²) in [4.78, 5) is 7.32. The molecule has 6 heteroatoms. The van der Waals surface area contributed by atoms with Gasteiger partial charge in [0.05, 0.1) is 12.3 Å². The molecule has 5 aromatic rings. The van der Waals surface area contributed by atoms with Crippen LogP contribution in [0.4, 0.5) is 5.69 Å². The van der Waals surface area contributed by atoms with Crippen molar-refractivity contribution < 1.29 is 5.11 Å². The number of anilines is 1. The first kappa shape index (κ1) is 22.7. The number of aliphatic hydroxyl groups is 1. The van der Waals surface area contributed by atoms with Crippen molar-refractivity contribution in [3.05, 3.63) is 84.8 Å². The zero-order valence-corrected chi connectivity index (χ0v) is 20.9. The van der Waals surface area contributed by atoms with Crippen LogP contribution in [-0.2, 0) is 0 Å². The summed E-state index contributed by atoms with van der Waals surface area (Å²) < 4.78 is 1.86. The van der Waals surface area contributed by atoms with E-state index in [1.165, 1.54) is 5.69 Å². The quantitative estimate of drug-likeness (QED) is 0.360. The molecule has 182 valence electrons. The van der Waals surface area contributed by atoms with Gasteiger partial charge in [-0.15, -0.1) is 0 Å². The van der Waals surface area contributed by atoms with E-state index in [9.17, 15) is 5.11 Å². The van der Waals surface area contributed by atoms with Crippen LogP contribution in [0.1, 0.15) is 32.4 Å². The first-order chi connectivity index (χ1) is 17.5. The fourth-order valence-electron chi connectivity index (χ4n) is 5.60. The van der Waals surface area contributed by atoms with Gasteiger partial charge in [-0.3, -0.25) is 0 Å². The Kier molecular flexibility index (Phi) is 5.70. The van der Waals surface area contributed by atoms with Crippen molar-refractivity contribution in [1.82, 2.24) is 19.9 Å². The molecule has 0 saturated carbocycles. The third-order valence-electron chi connectivity index (χ3n) is 7.38. The second-order valence-electron chi connectivity index (χ2n) is 9.90. The zero-order chi connectivity index (χ0) is 24.8. The number of nitrogens with one attached hydrogen (secondary N) is 1. The normalized spacial score (nSPS) is 19.2. The summed E-state index contributed by atoms with van der Waals surface area (Å²) in [6, 6.07) is 21.9. The van der Waals surface area contributed by atoms with Crippen molar-refractivity contribution in [3.8, 4) is 22.3 Å². The van der Waals surface area contributed by atoms with Crippen LogP contribution in [-0.4, -0.2) is 44.9 Å². The van der Waals surface area contributed by atoms with Crippen LogP contribution in [0.3, 0.4) is 0 Å². The van der Waals surface area contributed by atoms with Crippen molar-refractivity contribution in [2.24, 2.45) is 0 Å². The molecule has 2 N–H and O–H groups in total. The summed E-state index contributed by atoms with van der Waals surface area (Å²) in [6.07, 6.45) is 5.32. The molecule has 1 fully saturated rings. The highest BCUT2D eigenvalue weighted by molar-refractivity contribution is 6.01. The van der Waals surface area contributed by atoms with E-state index in [-0.39, 0.29) is 0 Å². The van der Waals surface area contributed by atoms with E-state index in [0.717, 1.165) is 57.3 Å². The lowest BCUT2D eigenvalue weighted by Gasteiger charge is -2.41. The molecule has 0 bridgehead atoms. The van der Waals surface area contributed by atoms with Crippen molar-refractivity contribution in [2.45, 2.75) is 39.0 Å². The number of nitrogens with zero attached hydrogens (tertiary/aromatic N) is 4. The number of rotatable bonds is 4. The van der Waals surface area contributed by atoms with Gasteiger partial charge in [-0.25, -0.2) is 9.50 Å². The van der Waals surface area contributed by atoms with Gasteiger partial charge in [-0.05, 0) is 60.4 Å². The molecule has 0 spiro atoms. The molecule has 0 amide bonds. The van der Waals surface area contributed by atoms with Crippen molar-refractivity contribution in [3.63, 3.8) is 0 Å². The Bertz CT molecular complexity index is 1530. The number of piperazine rings is 1. The Morgan fingerprint density at radius 3 is 2.31 bits per heavy atom. The topological polar surface area (TPSA) is 65.7 Å². The lowest BCUT2D eigenvalue weighted by molar-refractivity contribution is 0.201. The van der Waals surface area contributed by atoms with E-state index in [1.54, 1.807) is 6.92 Å². The van der Waals surface area contributed by atoms with Crippen LogP contribution in [0.15, 0.2) is 79.3 Å². The Labute approximate surface area is 211 Å². The van der Waals surface area contributed by atoms with E-state index in [0.29, 0.717) is 12.1 Å². The van der Waals surface area contributed by atoms with Gasteiger partial charge in [0.25, 0.3) is 0 Å². The molecular weight excluding hydrogens is 446 g/mol. The van der Waals surface area contributed by atoms with Crippen molar-refractivity contribution >= 4 is 22.1 Å². The average Bonchev–Trinajstić information content (AvgIpc) is 3.31. The zero-order valence-electron chi connectivity index (χ0n) is 20.9. The summed E-state index contributed by atoms with van der Waals surface area (Å²) in [7, 11) is 0. The van der Waals surface area contributed by atoms with Crippen LogP contribution < -0.4 is 10.2 Å². The molecule has 3 heterocycles. The highest BCUT2D eigenvalue weighted by Gasteiger charge is 2.24. The number of benzene rings is 3. The van der Waals surface area contributed by atoms with Gasteiger partial charge < -0.3 is 15.3 Å². The predicted molar refractivity (Wildman–Crippen MR) is 146 cm³/mol. The van der Waals surface area contributed by atoms with E-state index in [4.69, 9.17) is 4.98 Å². The van der Waals surface area contributed by atoms with E-state index < -0.39 is 6.10 Å². The fourth-order valence-corrected chi connectivity index (χ4v) is 5.60. The number of aromatic nitrogens is 3. The third kappa shape index (κ3) is 3.83. The molecule has 1 aliphatic rings. The number of hydrogen-bond acceptors (Lipinski definition) is 5. The standard InChI is InChI=1S/C30H31N5O/c1-19-14-31-15-20(2)35(19)24-10-8-22(9-11-24)23-16-32-30-29(17-33-34(30)18-23)28-13-12-25(21(3)36)26-6-4-5-7-27(26)28/h4-13,16-21,31,36H,14-15H2,1-3H3. The highest BCUT2D eigenvalue weighted by Crippen LogP contribution is 2.35. The lowest BCUT2D eigenvalue weighted by atomic mass is 9.94. The summed E-state index contributed by atoms with van der Waals surface area (Å²) in [5.41, 5.74) is 7.18. The first-order valence-corrected chi connectivity index (χ1v) is 12.6. The largest absolute Gasteiger partial charge is 0.389 e. The van der Waals surface area contributed by atoms with Crippen LogP contribution in [0.25, 0.3) is 38.7 Å². The minimum Gasteiger partial charge on any atom is -0.389 e. The molecule has 3 aromatic carbocycles. The second-order valence-corrected chi connectivity index (χ2v) is 9.90. The van der Waals surface area contributed by atoms with Gasteiger partial charge >= 0.3 is 0 Å². The summed E-state index contributed by atoms with van der Waals surface area (Å²) in [5, 5.41) is 20.5. The molecule has 1 saturated heterocycles. The minimum absolute atomic E-state index is 0.464. The Morgan fingerprint density at radius 1 is 0.861 bits per heavy atom. The molecule has 36 heavy (non-hydrogen) atoms. The summed E-state index contributed by atoms with van der Waals surface area (Å²) >= 11 is 0. The molecule has 2 aromatic heterocycles. The Balaban J connectivity index is 1.35. The molecule has 6 rings (SSSR count). The maximum atomic E-state index is 10.2. The van der Waals surface area contributed by atoms with Crippen molar-refractivity contribution in [1.29, 1.82) is 0 Å². The van der Waals surface area contributed by atoms with E-state index in [2.05, 4.69) is 71.6 Å². The van der Waals surface area contributed by atoms with Crippen LogP contribution in [0.2, 0.25) is 0 Å². The van der Waals surface area contributed by atoms with Crippen molar-refractivity contribution in [2.75, 3.05) is 18.0 Å².